The molecule has 0 aliphatic carbocycles. The van der Waals surface area contributed by atoms with E-state index >= 15 is 0 Å². The first kappa shape index (κ1) is 20.9. The summed E-state index contributed by atoms with van der Waals surface area (Å²) >= 11 is 1.44. The van der Waals surface area contributed by atoms with E-state index in [2.05, 4.69) is 23.0 Å². The number of nitrogens with zero attached hydrogens (tertiary/aromatic N) is 2. The highest BCUT2D eigenvalue weighted by Crippen LogP contribution is 2.28. The molecule has 0 unspecified atom stereocenters. The molecule has 0 spiro atoms. The lowest BCUT2D eigenvalue weighted by molar-refractivity contribution is 0.0572. The SMILES string of the molecule is CN1CCC(N(Cc2cc(-c3ccc4[nH]ccc4c3)ccc2F)C(=O)c2cccs2)CC1. The first-order valence-electron chi connectivity index (χ1n) is 11.0. The number of likely N-dealkylation sites (tertiary alicyclic amines) is 1. The topological polar surface area (TPSA) is 39.3 Å². The van der Waals surface area contributed by atoms with Crippen molar-refractivity contribution in [3.8, 4) is 11.1 Å². The minimum Gasteiger partial charge on any atom is -0.361 e. The maximum atomic E-state index is 14.9. The molecule has 2 aromatic carbocycles. The van der Waals surface area contributed by atoms with Crippen LogP contribution in [0, 0.1) is 5.82 Å². The maximum Gasteiger partial charge on any atom is 0.264 e. The van der Waals surface area contributed by atoms with Crippen molar-refractivity contribution in [3.63, 3.8) is 0 Å². The largest absolute Gasteiger partial charge is 0.361 e. The molecule has 0 saturated carbocycles. The number of carbonyl (C=O) groups excluding carboxylic acids is 1. The van der Waals surface area contributed by atoms with Gasteiger partial charge in [-0.05, 0) is 91.3 Å². The van der Waals surface area contributed by atoms with Gasteiger partial charge in [-0.15, -0.1) is 11.3 Å². The molecule has 0 atom stereocenters. The summed E-state index contributed by atoms with van der Waals surface area (Å²) in [5.74, 6) is -0.276. The van der Waals surface area contributed by atoms with Gasteiger partial charge in [0.1, 0.15) is 5.82 Å². The molecule has 4 nitrogen and oxygen atoms in total. The Kier molecular flexibility index (Phi) is 5.81. The van der Waals surface area contributed by atoms with Crippen molar-refractivity contribution in [2.24, 2.45) is 0 Å². The minimum absolute atomic E-state index is 0.00639. The van der Waals surface area contributed by atoms with E-state index < -0.39 is 0 Å². The Hall–Kier alpha value is -2.96. The average molecular weight is 448 g/mol. The fourth-order valence-electron chi connectivity index (χ4n) is 4.51. The first-order valence-corrected chi connectivity index (χ1v) is 11.9. The molecule has 164 valence electrons. The highest BCUT2D eigenvalue weighted by atomic mass is 32.1. The van der Waals surface area contributed by atoms with Gasteiger partial charge in [-0.25, -0.2) is 4.39 Å². The third kappa shape index (κ3) is 4.20. The van der Waals surface area contributed by atoms with Gasteiger partial charge < -0.3 is 14.8 Å². The number of rotatable bonds is 5. The minimum atomic E-state index is -0.270. The molecule has 3 heterocycles. The van der Waals surface area contributed by atoms with Crippen LogP contribution in [0.25, 0.3) is 22.0 Å². The van der Waals surface area contributed by atoms with Gasteiger partial charge in [-0.3, -0.25) is 4.79 Å². The van der Waals surface area contributed by atoms with E-state index in [1.165, 1.54) is 17.4 Å². The smallest absolute Gasteiger partial charge is 0.264 e. The third-order valence-electron chi connectivity index (χ3n) is 6.39. The second kappa shape index (κ2) is 8.88. The number of hydrogen-bond acceptors (Lipinski definition) is 3. The van der Waals surface area contributed by atoms with Gasteiger partial charge >= 0.3 is 0 Å². The third-order valence-corrected chi connectivity index (χ3v) is 7.25. The fourth-order valence-corrected chi connectivity index (χ4v) is 5.19. The van der Waals surface area contributed by atoms with Gasteiger partial charge in [-0.1, -0.05) is 18.2 Å². The van der Waals surface area contributed by atoms with Gasteiger partial charge in [0.15, 0.2) is 0 Å². The summed E-state index contributed by atoms with van der Waals surface area (Å²) in [7, 11) is 2.10. The van der Waals surface area contributed by atoms with Crippen molar-refractivity contribution in [2.75, 3.05) is 20.1 Å². The van der Waals surface area contributed by atoms with Crippen molar-refractivity contribution >= 4 is 28.1 Å². The van der Waals surface area contributed by atoms with Crippen LogP contribution in [0.1, 0.15) is 28.1 Å². The highest BCUT2D eigenvalue weighted by molar-refractivity contribution is 7.12. The van der Waals surface area contributed by atoms with E-state index in [0.717, 1.165) is 48.0 Å². The Morgan fingerprint density at radius 2 is 1.91 bits per heavy atom. The summed E-state index contributed by atoms with van der Waals surface area (Å²) in [6.45, 7) is 2.16. The number of thiophene rings is 1. The van der Waals surface area contributed by atoms with Crippen molar-refractivity contribution in [2.45, 2.75) is 25.4 Å². The molecule has 5 rings (SSSR count). The lowest BCUT2D eigenvalue weighted by atomic mass is 9.99. The number of carbonyl (C=O) groups is 1. The molecular weight excluding hydrogens is 421 g/mol. The van der Waals surface area contributed by atoms with Crippen LogP contribution >= 0.6 is 11.3 Å². The predicted molar refractivity (Wildman–Crippen MR) is 128 cm³/mol. The monoisotopic (exact) mass is 447 g/mol. The number of H-pyrrole nitrogens is 1. The van der Waals surface area contributed by atoms with E-state index in [9.17, 15) is 9.18 Å². The Morgan fingerprint density at radius 1 is 1.12 bits per heavy atom. The van der Waals surface area contributed by atoms with Gasteiger partial charge in [-0.2, -0.15) is 0 Å². The summed E-state index contributed by atoms with van der Waals surface area (Å²) in [6, 6.07) is 17.3. The Labute approximate surface area is 191 Å². The number of fused-ring (bicyclic) bond motifs is 1. The summed E-state index contributed by atoms with van der Waals surface area (Å²) in [5, 5.41) is 3.03. The lowest BCUT2D eigenvalue weighted by Crippen LogP contribution is -2.46. The maximum absolute atomic E-state index is 14.9. The Morgan fingerprint density at radius 3 is 2.69 bits per heavy atom. The van der Waals surface area contributed by atoms with Crippen LogP contribution in [-0.4, -0.2) is 46.9 Å². The van der Waals surface area contributed by atoms with Crippen LogP contribution in [0.4, 0.5) is 4.39 Å². The zero-order valence-electron chi connectivity index (χ0n) is 18.1. The molecule has 1 aliphatic rings. The molecule has 6 heteroatoms. The van der Waals surface area contributed by atoms with E-state index in [4.69, 9.17) is 0 Å². The summed E-state index contributed by atoms with van der Waals surface area (Å²) in [6.07, 6.45) is 3.72. The second-order valence-electron chi connectivity index (χ2n) is 8.53. The van der Waals surface area contributed by atoms with Crippen LogP contribution in [0.15, 0.2) is 66.2 Å². The van der Waals surface area contributed by atoms with Crippen LogP contribution in [0.5, 0.6) is 0 Å². The molecule has 4 aromatic rings. The normalized spacial score (nSPS) is 15.3. The van der Waals surface area contributed by atoms with Crippen molar-refractivity contribution in [1.82, 2.24) is 14.8 Å². The zero-order chi connectivity index (χ0) is 22.1. The molecule has 1 aliphatic heterocycles. The summed E-state index contributed by atoms with van der Waals surface area (Å²) in [5.41, 5.74) is 3.62. The van der Waals surface area contributed by atoms with E-state index in [-0.39, 0.29) is 24.3 Å². The van der Waals surface area contributed by atoms with Crippen molar-refractivity contribution in [3.05, 3.63) is 82.4 Å². The lowest BCUT2D eigenvalue weighted by Gasteiger charge is -2.37. The summed E-state index contributed by atoms with van der Waals surface area (Å²) < 4.78 is 14.9. The Bertz CT molecular complexity index is 1230. The number of piperidine rings is 1. The second-order valence-corrected chi connectivity index (χ2v) is 9.48. The molecule has 32 heavy (non-hydrogen) atoms. The van der Waals surface area contributed by atoms with E-state index in [1.807, 2.05) is 58.9 Å². The number of aromatic nitrogens is 1. The van der Waals surface area contributed by atoms with Gasteiger partial charge in [0, 0.05) is 29.9 Å². The van der Waals surface area contributed by atoms with Gasteiger partial charge in [0.25, 0.3) is 5.91 Å². The first-order chi connectivity index (χ1) is 15.6. The number of aromatic amines is 1. The van der Waals surface area contributed by atoms with Crippen molar-refractivity contribution < 1.29 is 9.18 Å². The van der Waals surface area contributed by atoms with Crippen LogP contribution in [0.3, 0.4) is 0 Å². The van der Waals surface area contributed by atoms with Crippen LogP contribution in [-0.2, 0) is 6.54 Å². The van der Waals surface area contributed by atoms with Gasteiger partial charge in [0.2, 0.25) is 0 Å². The molecule has 1 fully saturated rings. The summed E-state index contributed by atoms with van der Waals surface area (Å²) in [4.78, 5) is 21.4. The molecule has 2 aromatic heterocycles. The standard InChI is InChI=1S/C26H26FN3OS/c1-29-12-9-22(10-13-29)30(26(31)25-3-2-14-32-25)17-21-16-18(4-6-23(21)27)19-5-7-24-20(15-19)8-11-28-24/h2-8,11,14-16,22,28H,9-10,12-13,17H2,1H3. The van der Waals surface area contributed by atoms with E-state index in [1.54, 1.807) is 0 Å². The molecular formula is C26H26FN3OS. The number of nitrogens with one attached hydrogen (secondary N) is 1. The fraction of sp³-hybridized carbons (Fsp3) is 0.269. The molecule has 1 saturated heterocycles. The van der Waals surface area contributed by atoms with E-state index in [0.29, 0.717) is 10.4 Å². The number of benzene rings is 2. The zero-order valence-corrected chi connectivity index (χ0v) is 18.9. The quantitative estimate of drug-likeness (QED) is 0.422. The number of hydrogen-bond donors (Lipinski definition) is 1. The Balaban J connectivity index is 1.47. The predicted octanol–water partition coefficient (Wildman–Crippen LogP) is 5.77. The highest BCUT2D eigenvalue weighted by Gasteiger charge is 2.29. The van der Waals surface area contributed by atoms with Gasteiger partial charge in [0.05, 0.1) is 4.88 Å². The number of amides is 1. The molecule has 1 amide bonds. The van der Waals surface area contributed by atoms with Crippen molar-refractivity contribution in [1.29, 1.82) is 0 Å². The van der Waals surface area contributed by atoms with Crippen LogP contribution < -0.4 is 0 Å². The molecule has 0 bridgehead atoms. The van der Waals surface area contributed by atoms with Crippen LogP contribution in [0.2, 0.25) is 0 Å². The average Bonchev–Trinajstić information content (AvgIpc) is 3.50. The molecule has 0 radical (unpaired) electrons. The molecule has 1 N–H and O–H groups in total. The number of halogens is 1.